The molecule has 1 aliphatic rings. The molecule has 0 saturated carbocycles. The first kappa shape index (κ1) is 15.4. The molecule has 4 heteroatoms. The van der Waals surface area contributed by atoms with E-state index in [1.807, 2.05) is 30.5 Å². The maximum atomic E-state index is 12.2. The van der Waals surface area contributed by atoms with Crippen molar-refractivity contribution in [3.8, 4) is 0 Å². The van der Waals surface area contributed by atoms with Crippen LogP contribution in [0.5, 0.6) is 0 Å². The molecule has 0 aromatic heterocycles. The van der Waals surface area contributed by atoms with Crippen LogP contribution in [-0.2, 0) is 0 Å². The number of hydrogen-bond donors (Lipinski definition) is 1. The van der Waals surface area contributed by atoms with E-state index in [2.05, 4.69) is 17.1 Å². The van der Waals surface area contributed by atoms with Crippen LogP contribution in [0, 0.1) is 0 Å². The zero-order valence-corrected chi connectivity index (χ0v) is 13.2. The summed E-state index contributed by atoms with van der Waals surface area (Å²) < 4.78 is 0. The second kappa shape index (κ2) is 7.70. The van der Waals surface area contributed by atoms with E-state index in [1.54, 1.807) is 11.8 Å². The van der Waals surface area contributed by atoms with E-state index < -0.39 is 0 Å². The number of rotatable bonds is 5. The molecule has 1 atom stereocenters. The Morgan fingerprint density at radius 2 is 2.20 bits per heavy atom. The van der Waals surface area contributed by atoms with E-state index >= 15 is 0 Å². The quantitative estimate of drug-likeness (QED) is 0.847. The van der Waals surface area contributed by atoms with Crippen molar-refractivity contribution >= 4 is 17.7 Å². The Hall–Kier alpha value is -1.00. The Balaban J connectivity index is 1.83. The molecule has 20 heavy (non-hydrogen) atoms. The summed E-state index contributed by atoms with van der Waals surface area (Å²) in [5.74, 6) is 0.0413. The summed E-state index contributed by atoms with van der Waals surface area (Å²) >= 11 is 1.61. The molecule has 1 N–H and O–H groups in total. The minimum atomic E-state index is 0.0413. The molecule has 1 aliphatic heterocycles. The molecular formula is C16H24N2OS. The predicted molar refractivity (Wildman–Crippen MR) is 85.4 cm³/mol. The smallest absolute Gasteiger partial charge is 0.252 e. The third-order valence-electron chi connectivity index (χ3n) is 3.98. The van der Waals surface area contributed by atoms with Crippen molar-refractivity contribution in [2.45, 2.75) is 37.1 Å². The molecular weight excluding hydrogens is 268 g/mol. The highest BCUT2D eigenvalue weighted by Gasteiger charge is 2.18. The number of nitrogens with one attached hydrogen (secondary N) is 1. The van der Waals surface area contributed by atoms with Gasteiger partial charge in [-0.15, -0.1) is 11.8 Å². The number of benzene rings is 1. The molecule has 1 fully saturated rings. The number of nitrogens with zero attached hydrogens (tertiary/aromatic N) is 1. The maximum Gasteiger partial charge on any atom is 0.252 e. The molecule has 0 spiro atoms. The van der Waals surface area contributed by atoms with Gasteiger partial charge in [-0.1, -0.05) is 18.6 Å². The molecule has 0 unspecified atom stereocenters. The lowest BCUT2D eigenvalue weighted by molar-refractivity contribution is 0.0935. The molecule has 1 aromatic carbocycles. The Morgan fingerprint density at radius 1 is 1.40 bits per heavy atom. The van der Waals surface area contributed by atoms with E-state index in [9.17, 15) is 4.79 Å². The van der Waals surface area contributed by atoms with Gasteiger partial charge >= 0.3 is 0 Å². The number of thioether (sulfide) groups is 1. The molecule has 3 nitrogen and oxygen atoms in total. The van der Waals surface area contributed by atoms with Crippen LogP contribution >= 0.6 is 11.8 Å². The zero-order chi connectivity index (χ0) is 14.4. The van der Waals surface area contributed by atoms with Crippen LogP contribution < -0.4 is 5.32 Å². The fraction of sp³-hybridized carbons (Fsp3) is 0.562. The normalized spacial score (nSPS) is 19.8. The molecule has 1 aromatic rings. The Bertz CT molecular complexity index is 450. The Kier molecular flexibility index (Phi) is 5.92. The average Bonchev–Trinajstić information content (AvgIpc) is 2.49. The van der Waals surface area contributed by atoms with Crippen LogP contribution in [0.15, 0.2) is 29.2 Å². The highest BCUT2D eigenvalue weighted by atomic mass is 32.2. The minimum absolute atomic E-state index is 0.0413. The lowest BCUT2D eigenvalue weighted by atomic mass is 10.0. The molecule has 1 saturated heterocycles. The predicted octanol–water partition coefficient (Wildman–Crippen LogP) is 3.01. The van der Waals surface area contributed by atoms with Gasteiger partial charge in [0.15, 0.2) is 0 Å². The number of amides is 1. The van der Waals surface area contributed by atoms with Crippen LogP contribution in [0.1, 0.15) is 36.5 Å². The third kappa shape index (κ3) is 4.00. The Morgan fingerprint density at radius 3 is 2.95 bits per heavy atom. The van der Waals surface area contributed by atoms with Crippen LogP contribution in [-0.4, -0.2) is 42.7 Å². The average molecular weight is 292 g/mol. The number of carbonyl (C=O) groups is 1. The van der Waals surface area contributed by atoms with Gasteiger partial charge in [-0.25, -0.2) is 0 Å². The molecule has 1 amide bonds. The number of carbonyl (C=O) groups excluding carboxylic acids is 1. The van der Waals surface area contributed by atoms with Gasteiger partial charge in [0.1, 0.15) is 0 Å². The molecule has 0 radical (unpaired) electrons. The van der Waals surface area contributed by atoms with E-state index in [4.69, 9.17) is 0 Å². The Labute approximate surface area is 126 Å². The van der Waals surface area contributed by atoms with Gasteiger partial charge in [-0.05, 0) is 44.7 Å². The van der Waals surface area contributed by atoms with Gasteiger partial charge in [-0.2, -0.15) is 0 Å². The van der Waals surface area contributed by atoms with Gasteiger partial charge in [0, 0.05) is 24.0 Å². The summed E-state index contributed by atoms with van der Waals surface area (Å²) in [7, 11) is 0. The molecule has 0 bridgehead atoms. The number of likely N-dealkylation sites (tertiary alicyclic amines) is 1. The highest BCUT2D eigenvalue weighted by Crippen LogP contribution is 2.19. The number of piperidine rings is 1. The fourth-order valence-electron chi connectivity index (χ4n) is 2.73. The summed E-state index contributed by atoms with van der Waals surface area (Å²) in [5, 5.41) is 3.05. The van der Waals surface area contributed by atoms with Gasteiger partial charge in [0.25, 0.3) is 5.91 Å². The second-order valence-corrected chi connectivity index (χ2v) is 6.19. The summed E-state index contributed by atoms with van der Waals surface area (Å²) in [4.78, 5) is 15.7. The minimum Gasteiger partial charge on any atom is -0.351 e. The van der Waals surface area contributed by atoms with Gasteiger partial charge in [-0.3, -0.25) is 9.69 Å². The number of hydrogen-bond acceptors (Lipinski definition) is 3. The van der Waals surface area contributed by atoms with Crippen molar-refractivity contribution in [2.24, 2.45) is 0 Å². The topological polar surface area (TPSA) is 32.3 Å². The summed E-state index contributed by atoms with van der Waals surface area (Å²) in [5.41, 5.74) is 0.784. The first-order chi connectivity index (χ1) is 9.72. The van der Waals surface area contributed by atoms with Crippen LogP contribution in [0.4, 0.5) is 0 Å². The summed E-state index contributed by atoms with van der Waals surface area (Å²) in [6.45, 7) is 5.13. The first-order valence-electron chi connectivity index (χ1n) is 7.37. The molecule has 1 heterocycles. The van der Waals surface area contributed by atoms with Crippen LogP contribution in [0.2, 0.25) is 0 Å². The van der Waals surface area contributed by atoms with Crippen molar-refractivity contribution in [2.75, 3.05) is 25.9 Å². The summed E-state index contributed by atoms with van der Waals surface area (Å²) in [6, 6.07) is 8.43. The lowest BCUT2D eigenvalue weighted by Crippen LogP contribution is -2.42. The van der Waals surface area contributed by atoms with Crippen molar-refractivity contribution in [3.63, 3.8) is 0 Å². The summed E-state index contributed by atoms with van der Waals surface area (Å²) in [6.07, 6.45) is 5.91. The second-order valence-electron chi connectivity index (χ2n) is 5.34. The van der Waals surface area contributed by atoms with Crippen molar-refractivity contribution in [3.05, 3.63) is 29.8 Å². The lowest BCUT2D eigenvalue weighted by Gasteiger charge is -2.33. The van der Waals surface area contributed by atoms with E-state index in [0.717, 1.165) is 23.5 Å². The van der Waals surface area contributed by atoms with Crippen molar-refractivity contribution in [1.29, 1.82) is 0 Å². The van der Waals surface area contributed by atoms with E-state index in [0.29, 0.717) is 6.04 Å². The SMILES string of the molecule is CSc1ccccc1C(=O)NCCN1CCCC[C@H]1C. The van der Waals surface area contributed by atoms with Crippen molar-refractivity contribution in [1.82, 2.24) is 10.2 Å². The third-order valence-corrected chi connectivity index (χ3v) is 4.77. The van der Waals surface area contributed by atoms with E-state index in [1.165, 1.54) is 25.8 Å². The zero-order valence-electron chi connectivity index (χ0n) is 12.4. The van der Waals surface area contributed by atoms with Gasteiger partial charge in [0.05, 0.1) is 5.56 Å². The largest absolute Gasteiger partial charge is 0.351 e. The maximum absolute atomic E-state index is 12.2. The molecule has 0 aliphatic carbocycles. The monoisotopic (exact) mass is 292 g/mol. The highest BCUT2D eigenvalue weighted by molar-refractivity contribution is 7.98. The van der Waals surface area contributed by atoms with Crippen LogP contribution in [0.25, 0.3) is 0 Å². The molecule has 110 valence electrons. The standard InChI is InChI=1S/C16H24N2OS/c1-13-7-5-6-11-18(13)12-10-17-16(19)14-8-3-4-9-15(14)20-2/h3-4,8-9,13H,5-7,10-12H2,1-2H3,(H,17,19)/t13-/m1/s1. The van der Waals surface area contributed by atoms with Gasteiger partial charge in [0.2, 0.25) is 0 Å². The molecule has 2 rings (SSSR count). The first-order valence-corrected chi connectivity index (χ1v) is 8.60. The van der Waals surface area contributed by atoms with Crippen LogP contribution in [0.3, 0.4) is 0 Å². The van der Waals surface area contributed by atoms with Gasteiger partial charge < -0.3 is 5.32 Å². The van der Waals surface area contributed by atoms with E-state index in [-0.39, 0.29) is 5.91 Å². The fourth-order valence-corrected chi connectivity index (χ4v) is 3.33. The van der Waals surface area contributed by atoms with Crippen molar-refractivity contribution < 1.29 is 4.79 Å².